The maximum atomic E-state index is 12.4. The van der Waals surface area contributed by atoms with Crippen molar-refractivity contribution in [1.29, 1.82) is 0 Å². The number of Topliss-reactive ketones (excluding diaryl/α,β-unsaturated/α-hetero) is 1. The van der Waals surface area contributed by atoms with Gasteiger partial charge in [-0.1, -0.05) is 46.3 Å². The molecule has 0 aromatic heterocycles. The summed E-state index contributed by atoms with van der Waals surface area (Å²) in [6.07, 6.45) is 0.319. The summed E-state index contributed by atoms with van der Waals surface area (Å²) in [5.74, 6) is -0.0440. The van der Waals surface area contributed by atoms with E-state index < -0.39 is 0 Å². The molecule has 0 saturated heterocycles. The monoisotopic (exact) mass is 329 g/mol. The van der Waals surface area contributed by atoms with Crippen molar-refractivity contribution in [3.63, 3.8) is 0 Å². The smallest absolute Gasteiger partial charge is 0.242 e. The number of alkyl halides is 1. The zero-order chi connectivity index (χ0) is 14.1. The molecule has 0 unspecified atom stereocenters. The second-order valence-electron chi connectivity index (χ2n) is 4.61. The van der Waals surface area contributed by atoms with E-state index in [1.807, 2.05) is 42.5 Å². The Bertz CT molecular complexity index is 696. The van der Waals surface area contributed by atoms with Gasteiger partial charge in [0.2, 0.25) is 5.91 Å². The molecular weight excluding hydrogens is 318 g/mol. The Morgan fingerprint density at radius 3 is 2.45 bits per heavy atom. The van der Waals surface area contributed by atoms with Gasteiger partial charge in [-0.25, -0.2) is 0 Å². The minimum absolute atomic E-state index is 0.0397. The molecule has 2 aromatic carbocycles. The number of carbonyl (C=O) groups excluding carboxylic acids is 2. The maximum Gasteiger partial charge on any atom is 0.242 e. The van der Waals surface area contributed by atoms with E-state index in [2.05, 4.69) is 15.9 Å². The summed E-state index contributed by atoms with van der Waals surface area (Å²) in [6, 6.07) is 14.8. The van der Waals surface area contributed by atoms with Crippen LogP contribution < -0.4 is 4.90 Å². The van der Waals surface area contributed by atoms with Crippen LogP contribution >= 0.6 is 15.9 Å². The van der Waals surface area contributed by atoms with E-state index in [1.165, 1.54) is 0 Å². The van der Waals surface area contributed by atoms with E-state index in [-0.39, 0.29) is 17.0 Å². The highest BCUT2D eigenvalue weighted by molar-refractivity contribution is 9.09. The van der Waals surface area contributed by atoms with Crippen molar-refractivity contribution < 1.29 is 9.59 Å². The fourth-order valence-electron chi connectivity index (χ4n) is 2.51. The minimum atomic E-state index is -0.0837. The molecule has 20 heavy (non-hydrogen) atoms. The predicted octanol–water partition coefficient (Wildman–Crippen LogP) is 3.49. The van der Waals surface area contributed by atoms with Crippen LogP contribution in [0.25, 0.3) is 0 Å². The lowest BCUT2D eigenvalue weighted by Crippen LogP contribution is -2.27. The lowest BCUT2D eigenvalue weighted by molar-refractivity contribution is -0.115. The molecule has 0 fully saturated rings. The number of benzene rings is 2. The van der Waals surface area contributed by atoms with Gasteiger partial charge in [0.1, 0.15) is 0 Å². The fraction of sp³-hybridized carbons (Fsp3) is 0.125. The van der Waals surface area contributed by atoms with Crippen molar-refractivity contribution in [3.05, 3.63) is 59.7 Å². The number of hydrogen-bond acceptors (Lipinski definition) is 2. The van der Waals surface area contributed by atoms with Crippen LogP contribution in [-0.4, -0.2) is 17.0 Å². The number of halogens is 1. The van der Waals surface area contributed by atoms with Gasteiger partial charge in [-0.15, -0.1) is 0 Å². The van der Waals surface area contributed by atoms with Crippen molar-refractivity contribution in [3.8, 4) is 0 Å². The Kier molecular flexibility index (Phi) is 3.40. The summed E-state index contributed by atoms with van der Waals surface area (Å²) >= 11 is 3.22. The molecule has 0 saturated carbocycles. The summed E-state index contributed by atoms with van der Waals surface area (Å²) in [5, 5.41) is 0.212. The summed E-state index contributed by atoms with van der Waals surface area (Å²) in [6.45, 7) is 0. The first-order valence-electron chi connectivity index (χ1n) is 6.31. The van der Waals surface area contributed by atoms with Gasteiger partial charge < -0.3 is 0 Å². The SMILES string of the molecule is O=C1Cc2ccccc2N(C(=O)CBr)c2ccccc21. The number of amides is 1. The van der Waals surface area contributed by atoms with E-state index in [0.29, 0.717) is 17.7 Å². The molecule has 4 heteroatoms. The molecular formula is C16H12BrNO2. The normalized spacial score (nSPS) is 13.4. The van der Waals surface area contributed by atoms with Gasteiger partial charge in [-0.3, -0.25) is 14.5 Å². The van der Waals surface area contributed by atoms with Gasteiger partial charge >= 0.3 is 0 Å². The zero-order valence-corrected chi connectivity index (χ0v) is 12.3. The molecule has 100 valence electrons. The second kappa shape index (κ2) is 5.21. The summed E-state index contributed by atoms with van der Waals surface area (Å²) in [5.41, 5.74) is 2.92. The highest BCUT2D eigenvalue weighted by Gasteiger charge is 2.28. The number of nitrogens with zero attached hydrogens (tertiary/aromatic N) is 1. The molecule has 1 aliphatic heterocycles. The number of hydrogen-bond donors (Lipinski definition) is 0. The van der Waals surface area contributed by atoms with Crippen molar-refractivity contribution in [2.45, 2.75) is 6.42 Å². The lowest BCUT2D eigenvalue weighted by atomic mass is 10.0. The van der Waals surface area contributed by atoms with Crippen LogP contribution in [0, 0.1) is 0 Å². The second-order valence-corrected chi connectivity index (χ2v) is 5.17. The lowest BCUT2D eigenvalue weighted by Gasteiger charge is -2.23. The third-order valence-corrected chi connectivity index (χ3v) is 3.87. The Morgan fingerprint density at radius 2 is 1.70 bits per heavy atom. The van der Waals surface area contributed by atoms with E-state index in [9.17, 15) is 9.59 Å². The third kappa shape index (κ3) is 2.06. The first-order chi connectivity index (χ1) is 9.72. The summed E-state index contributed by atoms with van der Waals surface area (Å²) in [7, 11) is 0. The first-order valence-corrected chi connectivity index (χ1v) is 7.43. The number of anilines is 2. The standard InChI is InChI=1S/C16H12BrNO2/c17-10-16(20)18-13-7-3-1-5-11(13)9-15(19)12-6-2-4-8-14(12)18/h1-8H,9-10H2. The minimum Gasteiger partial charge on any atom is -0.294 e. The molecule has 0 N–H and O–H groups in total. The molecule has 1 amide bonds. The van der Waals surface area contributed by atoms with Gasteiger partial charge in [0.25, 0.3) is 0 Å². The van der Waals surface area contributed by atoms with Crippen LogP contribution in [0.5, 0.6) is 0 Å². The molecule has 0 atom stereocenters. The van der Waals surface area contributed by atoms with E-state index in [4.69, 9.17) is 0 Å². The van der Waals surface area contributed by atoms with Crippen LogP contribution in [-0.2, 0) is 11.2 Å². The highest BCUT2D eigenvalue weighted by Crippen LogP contribution is 2.36. The maximum absolute atomic E-state index is 12.4. The van der Waals surface area contributed by atoms with Crippen molar-refractivity contribution >= 4 is 39.0 Å². The Labute approximate surface area is 125 Å². The average molecular weight is 330 g/mol. The molecule has 2 aromatic rings. The largest absolute Gasteiger partial charge is 0.294 e. The molecule has 0 aliphatic carbocycles. The number of para-hydroxylation sites is 2. The molecule has 1 aliphatic rings. The molecule has 3 nitrogen and oxygen atoms in total. The Morgan fingerprint density at radius 1 is 1.05 bits per heavy atom. The number of carbonyl (C=O) groups is 2. The summed E-state index contributed by atoms with van der Waals surface area (Å²) in [4.78, 5) is 26.3. The van der Waals surface area contributed by atoms with E-state index >= 15 is 0 Å². The number of rotatable bonds is 1. The molecule has 0 radical (unpaired) electrons. The zero-order valence-electron chi connectivity index (χ0n) is 10.7. The van der Waals surface area contributed by atoms with Gasteiger partial charge in [-0.2, -0.15) is 0 Å². The molecule has 1 heterocycles. The van der Waals surface area contributed by atoms with Crippen LogP contribution in [0.4, 0.5) is 11.4 Å². The number of ketones is 1. The fourth-order valence-corrected chi connectivity index (χ4v) is 2.76. The molecule has 0 bridgehead atoms. The number of fused-ring (bicyclic) bond motifs is 2. The summed E-state index contributed by atoms with van der Waals surface area (Å²) < 4.78 is 0. The quantitative estimate of drug-likeness (QED) is 0.751. The van der Waals surface area contributed by atoms with Gasteiger partial charge in [0, 0.05) is 12.0 Å². The highest BCUT2D eigenvalue weighted by atomic mass is 79.9. The van der Waals surface area contributed by atoms with Crippen molar-refractivity contribution in [2.24, 2.45) is 0 Å². The third-order valence-electron chi connectivity index (χ3n) is 3.39. The van der Waals surface area contributed by atoms with Crippen LogP contribution in [0.15, 0.2) is 48.5 Å². The van der Waals surface area contributed by atoms with Crippen LogP contribution in [0.2, 0.25) is 0 Å². The molecule has 3 rings (SSSR count). The Balaban J connectivity index is 2.29. The first kappa shape index (κ1) is 13.1. The topological polar surface area (TPSA) is 37.4 Å². The average Bonchev–Trinajstić information content (AvgIpc) is 2.61. The Hall–Kier alpha value is -1.94. The predicted molar refractivity (Wildman–Crippen MR) is 81.9 cm³/mol. The van der Waals surface area contributed by atoms with E-state index in [1.54, 1.807) is 11.0 Å². The van der Waals surface area contributed by atoms with Crippen molar-refractivity contribution in [2.75, 3.05) is 10.2 Å². The van der Waals surface area contributed by atoms with Gasteiger partial charge in [-0.05, 0) is 23.8 Å². The van der Waals surface area contributed by atoms with Gasteiger partial charge in [0.05, 0.1) is 16.7 Å². The van der Waals surface area contributed by atoms with E-state index in [0.717, 1.165) is 11.3 Å². The van der Waals surface area contributed by atoms with Crippen LogP contribution in [0.3, 0.4) is 0 Å². The molecule has 0 spiro atoms. The van der Waals surface area contributed by atoms with Gasteiger partial charge in [0.15, 0.2) is 5.78 Å². The van der Waals surface area contributed by atoms with Crippen LogP contribution in [0.1, 0.15) is 15.9 Å². The van der Waals surface area contributed by atoms with Crippen molar-refractivity contribution in [1.82, 2.24) is 0 Å².